The van der Waals surface area contributed by atoms with E-state index >= 15 is 0 Å². The molecule has 0 aliphatic heterocycles. The van der Waals surface area contributed by atoms with Crippen LogP contribution in [0.15, 0.2) is 48.9 Å². The van der Waals surface area contributed by atoms with Crippen molar-refractivity contribution >= 4 is 28.5 Å². The number of anilines is 1. The average molecular weight is 365 g/mol. The first-order valence-electron chi connectivity index (χ1n) is 8.14. The number of hydrogen-bond donors (Lipinski definition) is 3. The molecule has 1 amide bonds. The summed E-state index contributed by atoms with van der Waals surface area (Å²) in [6.07, 6.45) is 5.26. The molecular weight excluding hydrogens is 350 g/mol. The SMILES string of the molecule is O=C(Nc1cccc2[nH]nc(C(=O)O)c12)c1ccn(CCn2cccn2)n1. The zero-order chi connectivity index (χ0) is 18.8. The maximum absolute atomic E-state index is 12.5. The number of aryl methyl sites for hydroxylation is 2. The highest BCUT2D eigenvalue weighted by atomic mass is 16.4. The maximum atomic E-state index is 12.5. The zero-order valence-electron chi connectivity index (χ0n) is 14.0. The molecule has 3 N–H and O–H groups in total. The third-order valence-electron chi connectivity index (χ3n) is 4.03. The molecule has 3 aromatic heterocycles. The Morgan fingerprint density at radius 2 is 1.96 bits per heavy atom. The van der Waals surface area contributed by atoms with Gasteiger partial charge >= 0.3 is 5.97 Å². The summed E-state index contributed by atoms with van der Waals surface area (Å²) in [5.74, 6) is -1.61. The molecule has 136 valence electrons. The van der Waals surface area contributed by atoms with Crippen molar-refractivity contribution in [1.82, 2.24) is 29.8 Å². The van der Waals surface area contributed by atoms with Gasteiger partial charge in [-0.15, -0.1) is 0 Å². The van der Waals surface area contributed by atoms with Crippen molar-refractivity contribution in [1.29, 1.82) is 0 Å². The molecule has 0 fully saturated rings. The lowest BCUT2D eigenvalue weighted by molar-refractivity contribution is 0.0692. The summed E-state index contributed by atoms with van der Waals surface area (Å²) in [7, 11) is 0. The molecule has 0 unspecified atom stereocenters. The molecule has 3 heterocycles. The van der Waals surface area contributed by atoms with E-state index in [9.17, 15) is 14.7 Å². The van der Waals surface area contributed by atoms with Crippen LogP contribution in [0.2, 0.25) is 0 Å². The zero-order valence-corrected chi connectivity index (χ0v) is 14.0. The second-order valence-corrected chi connectivity index (χ2v) is 5.79. The number of benzene rings is 1. The Bertz CT molecular complexity index is 1110. The predicted octanol–water partition coefficient (Wildman–Crippen LogP) is 1.61. The molecule has 0 atom stereocenters. The average Bonchev–Trinajstić information content (AvgIpc) is 3.39. The molecule has 0 aliphatic carbocycles. The van der Waals surface area contributed by atoms with Crippen molar-refractivity contribution < 1.29 is 14.7 Å². The first-order chi connectivity index (χ1) is 13.1. The van der Waals surface area contributed by atoms with Crippen LogP contribution in [0.3, 0.4) is 0 Å². The number of aromatic amines is 1. The lowest BCUT2D eigenvalue weighted by atomic mass is 10.1. The van der Waals surface area contributed by atoms with Gasteiger partial charge in [-0.05, 0) is 24.3 Å². The van der Waals surface area contributed by atoms with Gasteiger partial charge in [0.15, 0.2) is 11.4 Å². The van der Waals surface area contributed by atoms with Crippen LogP contribution in [0.1, 0.15) is 21.0 Å². The van der Waals surface area contributed by atoms with Crippen molar-refractivity contribution in [2.45, 2.75) is 13.1 Å². The number of fused-ring (bicyclic) bond motifs is 1. The summed E-state index contributed by atoms with van der Waals surface area (Å²) >= 11 is 0. The maximum Gasteiger partial charge on any atom is 0.357 e. The van der Waals surface area contributed by atoms with Crippen LogP contribution in [0.25, 0.3) is 10.9 Å². The topological polar surface area (TPSA) is 131 Å². The van der Waals surface area contributed by atoms with Crippen LogP contribution in [0, 0.1) is 0 Å². The van der Waals surface area contributed by atoms with E-state index in [2.05, 4.69) is 25.7 Å². The van der Waals surface area contributed by atoms with Crippen molar-refractivity contribution in [2.24, 2.45) is 0 Å². The Morgan fingerprint density at radius 3 is 2.74 bits per heavy atom. The van der Waals surface area contributed by atoms with E-state index in [1.165, 1.54) is 0 Å². The molecule has 0 spiro atoms. The number of carbonyl (C=O) groups is 2. The van der Waals surface area contributed by atoms with Crippen LogP contribution in [0.5, 0.6) is 0 Å². The Labute approximate surface area is 152 Å². The van der Waals surface area contributed by atoms with Gasteiger partial charge in [0.2, 0.25) is 0 Å². The lowest BCUT2D eigenvalue weighted by Gasteiger charge is -2.05. The number of carbonyl (C=O) groups excluding carboxylic acids is 1. The van der Waals surface area contributed by atoms with Gasteiger partial charge in [0.25, 0.3) is 5.91 Å². The van der Waals surface area contributed by atoms with E-state index in [1.807, 2.05) is 12.3 Å². The molecule has 27 heavy (non-hydrogen) atoms. The minimum Gasteiger partial charge on any atom is -0.476 e. The first kappa shape index (κ1) is 16.5. The number of nitrogens with one attached hydrogen (secondary N) is 2. The van der Waals surface area contributed by atoms with Gasteiger partial charge in [-0.2, -0.15) is 15.3 Å². The van der Waals surface area contributed by atoms with E-state index in [0.717, 1.165) is 0 Å². The summed E-state index contributed by atoms with van der Waals surface area (Å²) in [4.78, 5) is 23.9. The molecule has 0 saturated carbocycles. The number of carboxylic acid groups (broad SMARTS) is 1. The largest absolute Gasteiger partial charge is 0.476 e. The highest BCUT2D eigenvalue weighted by Crippen LogP contribution is 2.25. The minimum atomic E-state index is -1.18. The molecule has 1 aromatic carbocycles. The molecule has 4 aromatic rings. The van der Waals surface area contributed by atoms with Crippen molar-refractivity contribution in [3.63, 3.8) is 0 Å². The fourth-order valence-electron chi connectivity index (χ4n) is 2.76. The number of aromatic nitrogens is 6. The molecule has 0 bridgehead atoms. The number of carboxylic acids is 1. The van der Waals surface area contributed by atoms with Crippen LogP contribution >= 0.6 is 0 Å². The van der Waals surface area contributed by atoms with Gasteiger partial charge < -0.3 is 10.4 Å². The number of rotatable bonds is 6. The smallest absolute Gasteiger partial charge is 0.357 e. The van der Waals surface area contributed by atoms with Crippen LogP contribution in [0.4, 0.5) is 5.69 Å². The van der Waals surface area contributed by atoms with Gasteiger partial charge in [0.1, 0.15) is 0 Å². The number of H-pyrrole nitrogens is 1. The minimum absolute atomic E-state index is 0.148. The van der Waals surface area contributed by atoms with Crippen LogP contribution in [-0.4, -0.2) is 46.7 Å². The third-order valence-corrected chi connectivity index (χ3v) is 4.03. The number of hydrogen-bond acceptors (Lipinski definition) is 5. The second-order valence-electron chi connectivity index (χ2n) is 5.79. The number of nitrogens with zero attached hydrogens (tertiary/aromatic N) is 5. The van der Waals surface area contributed by atoms with Crippen LogP contribution in [-0.2, 0) is 13.1 Å². The Kier molecular flexibility index (Phi) is 4.13. The number of amides is 1. The Hall–Kier alpha value is -3.95. The predicted molar refractivity (Wildman–Crippen MR) is 95.5 cm³/mol. The Morgan fingerprint density at radius 1 is 1.11 bits per heavy atom. The third kappa shape index (κ3) is 3.27. The summed E-state index contributed by atoms with van der Waals surface area (Å²) in [6, 6.07) is 8.45. The van der Waals surface area contributed by atoms with Gasteiger partial charge in [-0.1, -0.05) is 6.07 Å². The standard InChI is InChI=1S/C17H15N7O3/c25-16(13-5-8-24(22-13)10-9-23-7-2-6-18-23)19-11-3-1-4-12-14(11)15(17(26)27)21-20-12/h1-8H,9-10H2,(H,19,25)(H,20,21)(H,26,27). The van der Waals surface area contributed by atoms with Gasteiger partial charge in [-0.3, -0.25) is 19.3 Å². The van der Waals surface area contributed by atoms with Crippen molar-refractivity contribution in [3.8, 4) is 0 Å². The fourth-order valence-corrected chi connectivity index (χ4v) is 2.76. The van der Waals surface area contributed by atoms with Crippen LogP contribution < -0.4 is 5.32 Å². The molecule has 4 rings (SSSR count). The normalized spacial score (nSPS) is 11.0. The fraction of sp³-hybridized carbons (Fsp3) is 0.118. The molecule has 10 nitrogen and oxygen atoms in total. The molecule has 10 heteroatoms. The van der Waals surface area contributed by atoms with E-state index in [4.69, 9.17) is 0 Å². The monoisotopic (exact) mass is 365 g/mol. The van der Waals surface area contributed by atoms with Crippen molar-refractivity contribution in [3.05, 3.63) is 60.3 Å². The second kappa shape index (κ2) is 6.75. The van der Waals surface area contributed by atoms with E-state index in [0.29, 0.717) is 29.7 Å². The highest BCUT2D eigenvalue weighted by Gasteiger charge is 2.18. The summed E-state index contributed by atoms with van der Waals surface area (Å²) in [5.41, 5.74) is 0.961. The molecule has 0 saturated heterocycles. The Balaban J connectivity index is 1.52. The first-order valence-corrected chi connectivity index (χ1v) is 8.14. The number of aromatic carboxylic acids is 1. The molecule has 0 aliphatic rings. The van der Waals surface area contributed by atoms with E-state index in [1.54, 1.807) is 46.0 Å². The molecular formula is C17H15N7O3. The summed E-state index contributed by atoms with van der Waals surface area (Å²) in [5, 5.41) is 27.1. The molecule has 0 radical (unpaired) electrons. The van der Waals surface area contributed by atoms with E-state index in [-0.39, 0.29) is 11.4 Å². The summed E-state index contributed by atoms with van der Waals surface area (Å²) in [6.45, 7) is 1.20. The summed E-state index contributed by atoms with van der Waals surface area (Å²) < 4.78 is 3.42. The lowest BCUT2D eigenvalue weighted by Crippen LogP contribution is -2.15. The van der Waals surface area contributed by atoms with Crippen molar-refractivity contribution in [2.75, 3.05) is 5.32 Å². The van der Waals surface area contributed by atoms with E-state index < -0.39 is 11.9 Å². The van der Waals surface area contributed by atoms with Gasteiger partial charge in [0.05, 0.1) is 29.7 Å². The van der Waals surface area contributed by atoms with Gasteiger partial charge in [-0.25, -0.2) is 4.79 Å². The quantitative estimate of drug-likeness (QED) is 0.476. The highest BCUT2D eigenvalue weighted by molar-refractivity contribution is 6.12. The van der Waals surface area contributed by atoms with Gasteiger partial charge in [0, 0.05) is 18.6 Å².